The van der Waals surface area contributed by atoms with Crippen LogP contribution in [0.25, 0.3) is 10.4 Å². The molecule has 1 aliphatic heterocycles. The lowest BCUT2D eigenvalue weighted by atomic mass is 10.1. The van der Waals surface area contributed by atoms with Crippen molar-refractivity contribution in [3.05, 3.63) is 52.6 Å². The van der Waals surface area contributed by atoms with Crippen molar-refractivity contribution in [2.45, 2.75) is 39.2 Å². The minimum atomic E-state index is -0.325. The zero-order valence-electron chi connectivity index (χ0n) is 21.3. The number of carbonyl (C=O) groups is 2. The van der Waals surface area contributed by atoms with Gasteiger partial charge in [-0.05, 0) is 45.1 Å². The number of aliphatic imine (C=N–C) groups is 1. The molecule has 3 aromatic rings. The third kappa shape index (κ3) is 5.01. The first-order valence-corrected chi connectivity index (χ1v) is 13.3. The van der Waals surface area contributed by atoms with Crippen LogP contribution in [-0.4, -0.2) is 69.7 Å². The molecule has 11 heteroatoms. The molecule has 2 unspecified atom stereocenters. The fourth-order valence-corrected chi connectivity index (χ4v) is 6.39. The maximum Gasteiger partial charge on any atom is 0.260 e. The van der Waals surface area contributed by atoms with Crippen molar-refractivity contribution < 1.29 is 9.59 Å². The molecule has 5 rings (SSSR count). The molecule has 0 aromatic carbocycles. The van der Waals surface area contributed by atoms with Gasteiger partial charge in [0.1, 0.15) is 4.83 Å². The molecular formula is C26H32N8O2S. The second kappa shape index (κ2) is 10.4. The van der Waals surface area contributed by atoms with E-state index >= 15 is 0 Å². The standard InChI is InChI=1S/C26H32N8O2S/c1-15(28-3)20(10-27)23-14-34-26(37-23)21(12-31-34)25(36)32-22-9-18(11-30-16(22)2)24(35)29-6-7-33-13-17-4-5-19(33)8-17/h9-12,14,17,19H,4-8,13,27H2,1-3H3,(H,29,35)(H,32,36)/b20-10+,28-15?. The number of piperidine rings is 1. The molecule has 10 nitrogen and oxygen atoms in total. The van der Waals surface area contributed by atoms with E-state index < -0.39 is 0 Å². The summed E-state index contributed by atoms with van der Waals surface area (Å²) in [6.45, 7) is 6.27. The summed E-state index contributed by atoms with van der Waals surface area (Å²) < 4.78 is 1.66. The smallest absolute Gasteiger partial charge is 0.260 e. The molecule has 1 saturated heterocycles. The van der Waals surface area contributed by atoms with Gasteiger partial charge in [0.15, 0.2) is 0 Å². The minimum Gasteiger partial charge on any atom is -0.404 e. The summed E-state index contributed by atoms with van der Waals surface area (Å²) in [5.74, 6) is 0.311. The van der Waals surface area contributed by atoms with Gasteiger partial charge >= 0.3 is 0 Å². The highest BCUT2D eigenvalue weighted by molar-refractivity contribution is 7.19. The van der Waals surface area contributed by atoms with Crippen molar-refractivity contribution in [1.29, 1.82) is 0 Å². The number of rotatable bonds is 8. The van der Waals surface area contributed by atoms with E-state index in [1.165, 1.54) is 43.0 Å². The average molecular weight is 521 g/mol. The molecule has 2 atom stereocenters. The van der Waals surface area contributed by atoms with Gasteiger partial charge in [-0.15, -0.1) is 11.3 Å². The highest BCUT2D eigenvalue weighted by atomic mass is 32.1. The summed E-state index contributed by atoms with van der Waals surface area (Å²) in [5.41, 5.74) is 9.35. The van der Waals surface area contributed by atoms with Crippen molar-refractivity contribution in [2.75, 3.05) is 32.0 Å². The summed E-state index contributed by atoms with van der Waals surface area (Å²) in [5, 5.41) is 10.2. The van der Waals surface area contributed by atoms with E-state index in [1.54, 1.807) is 30.8 Å². The predicted octanol–water partition coefficient (Wildman–Crippen LogP) is 2.96. The molecule has 2 aliphatic rings. The molecule has 37 heavy (non-hydrogen) atoms. The molecule has 1 aliphatic carbocycles. The van der Waals surface area contributed by atoms with Crippen LogP contribution in [-0.2, 0) is 0 Å². The number of aromatic nitrogens is 3. The second-order valence-electron chi connectivity index (χ2n) is 9.69. The predicted molar refractivity (Wildman–Crippen MR) is 146 cm³/mol. The number of fused-ring (bicyclic) bond motifs is 3. The summed E-state index contributed by atoms with van der Waals surface area (Å²) in [4.78, 5) is 38.6. The summed E-state index contributed by atoms with van der Waals surface area (Å²) in [7, 11) is 1.71. The minimum absolute atomic E-state index is 0.197. The molecule has 2 amide bonds. The Hall–Kier alpha value is -3.57. The number of allylic oxidation sites excluding steroid dienone is 1. The van der Waals surface area contributed by atoms with Crippen LogP contribution in [0.1, 0.15) is 57.5 Å². The van der Waals surface area contributed by atoms with Gasteiger partial charge in [-0.3, -0.25) is 24.5 Å². The Labute approximate surface area is 219 Å². The number of thiazole rings is 1. The number of anilines is 1. The maximum absolute atomic E-state index is 13.2. The topological polar surface area (TPSA) is 130 Å². The quantitative estimate of drug-likeness (QED) is 0.392. The molecule has 2 fully saturated rings. The Morgan fingerprint density at radius 1 is 1.30 bits per heavy atom. The van der Waals surface area contributed by atoms with Gasteiger partial charge < -0.3 is 16.4 Å². The SMILES string of the molecule is CN=C(C)/C(=C\N)c1cn2ncc(C(=O)Nc3cc(C(=O)NCCN4CC5CCC4C5)cnc3C)c2s1. The fraction of sp³-hybridized carbons (Fsp3) is 0.423. The molecule has 0 radical (unpaired) electrons. The van der Waals surface area contributed by atoms with E-state index in [0.29, 0.717) is 39.9 Å². The molecule has 0 spiro atoms. The van der Waals surface area contributed by atoms with Crippen molar-refractivity contribution in [3.63, 3.8) is 0 Å². The molecule has 4 heterocycles. The van der Waals surface area contributed by atoms with Crippen LogP contribution in [0.4, 0.5) is 5.69 Å². The van der Waals surface area contributed by atoms with Gasteiger partial charge in [0.2, 0.25) is 0 Å². The monoisotopic (exact) mass is 520 g/mol. The zero-order valence-corrected chi connectivity index (χ0v) is 22.1. The molecule has 1 saturated carbocycles. The van der Waals surface area contributed by atoms with Crippen molar-refractivity contribution >= 4 is 45.0 Å². The van der Waals surface area contributed by atoms with Gasteiger partial charge in [0, 0.05) is 62.6 Å². The second-order valence-corrected chi connectivity index (χ2v) is 10.7. The van der Waals surface area contributed by atoms with Crippen LogP contribution < -0.4 is 16.4 Å². The first-order chi connectivity index (χ1) is 17.9. The average Bonchev–Trinajstić information content (AvgIpc) is 3.67. The van der Waals surface area contributed by atoms with Crippen LogP contribution in [0.15, 0.2) is 35.8 Å². The number of pyridine rings is 1. The van der Waals surface area contributed by atoms with Gasteiger partial charge in [0.05, 0.1) is 33.6 Å². The lowest BCUT2D eigenvalue weighted by Crippen LogP contribution is -2.39. The van der Waals surface area contributed by atoms with Crippen molar-refractivity contribution in [3.8, 4) is 0 Å². The number of amides is 2. The Bertz CT molecular complexity index is 1400. The summed E-state index contributed by atoms with van der Waals surface area (Å²) in [6, 6.07) is 2.35. The Morgan fingerprint density at radius 2 is 2.14 bits per heavy atom. The highest BCUT2D eigenvalue weighted by Crippen LogP contribution is 2.36. The number of nitrogens with one attached hydrogen (secondary N) is 2. The number of aryl methyl sites for hydroxylation is 1. The normalized spacial score (nSPS) is 20.1. The van der Waals surface area contributed by atoms with Gasteiger partial charge in [-0.1, -0.05) is 0 Å². The van der Waals surface area contributed by atoms with Crippen LogP contribution >= 0.6 is 11.3 Å². The largest absolute Gasteiger partial charge is 0.404 e. The number of hydrogen-bond donors (Lipinski definition) is 3. The summed E-state index contributed by atoms with van der Waals surface area (Å²) >= 11 is 1.41. The first-order valence-electron chi connectivity index (χ1n) is 12.5. The first kappa shape index (κ1) is 25.1. The molecule has 194 valence electrons. The molecular weight excluding hydrogens is 488 g/mol. The number of nitrogens with two attached hydrogens (primary N) is 1. The molecule has 4 N–H and O–H groups in total. The number of carbonyl (C=O) groups excluding carboxylic acids is 2. The molecule has 2 bridgehead atoms. The van der Waals surface area contributed by atoms with E-state index in [0.717, 1.165) is 35.2 Å². The summed E-state index contributed by atoms with van der Waals surface area (Å²) in [6.07, 6.45) is 10.3. The Kier molecular flexibility index (Phi) is 7.07. The highest BCUT2D eigenvalue weighted by Gasteiger charge is 2.37. The maximum atomic E-state index is 13.2. The van der Waals surface area contributed by atoms with Crippen LogP contribution in [0.2, 0.25) is 0 Å². The van der Waals surface area contributed by atoms with Crippen molar-refractivity contribution in [2.24, 2.45) is 16.6 Å². The zero-order chi connectivity index (χ0) is 26.1. The lowest BCUT2D eigenvalue weighted by Gasteiger charge is -2.26. The van der Waals surface area contributed by atoms with E-state index in [1.807, 2.05) is 13.1 Å². The van der Waals surface area contributed by atoms with Crippen molar-refractivity contribution in [1.82, 2.24) is 24.8 Å². The van der Waals surface area contributed by atoms with E-state index in [4.69, 9.17) is 5.73 Å². The van der Waals surface area contributed by atoms with Crippen LogP contribution in [0.5, 0.6) is 0 Å². The van der Waals surface area contributed by atoms with Gasteiger partial charge in [-0.25, -0.2) is 4.52 Å². The number of likely N-dealkylation sites (tertiary alicyclic amines) is 1. The fourth-order valence-electron chi connectivity index (χ4n) is 5.26. The Morgan fingerprint density at radius 3 is 2.84 bits per heavy atom. The van der Waals surface area contributed by atoms with Gasteiger partial charge in [-0.2, -0.15) is 5.10 Å². The van der Waals surface area contributed by atoms with Gasteiger partial charge in [0.25, 0.3) is 11.8 Å². The van der Waals surface area contributed by atoms with E-state index in [-0.39, 0.29) is 11.8 Å². The number of hydrogen-bond acceptors (Lipinski definition) is 8. The van der Waals surface area contributed by atoms with E-state index in [2.05, 4.69) is 30.6 Å². The lowest BCUT2D eigenvalue weighted by molar-refractivity contribution is 0.0943. The third-order valence-electron chi connectivity index (χ3n) is 7.40. The third-order valence-corrected chi connectivity index (χ3v) is 8.55. The van der Waals surface area contributed by atoms with Crippen LogP contribution in [0.3, 0.4) is 0 Å². The molecule has 3 aromatic heterocycles. The number of nitrogens with zero attached hydrogens (tertiary/aromatic N) is 5. The van der Waals surface area contributed by atoms with E-state index in [9.17, 15) is 9.59 Å². The Balaban J connectivity index is 1.26. The van der Waals surface area contributed by atoms with Crippen LogP contribution in [0, 0.1) is 12.8 Å².